The monoisotopic (exact) mass is 252 g/mol. The first-order chi connectivity index (χ1) is 9.15. The van der Waals surface area contributed by atoms with Gasteiger partial charge in [-0.1, -0.05) is 36.4 Å². The maximum Gasteiger partial charge on any atom is 0.276 e. The molecule has 2 rings (SSSR count). The average Bonchev–Trinajstić information content (AvgIpc) is 2.47. The Kier molecular flexibility index (Phi) is 3.88. The van der Waals surface area contributed by atoms with Crippen LogP contribution in [0.3, 0.4) is 0 Å². The summed E-state index contributed by atoms with van der Waals surface area (Å²) in [6.45, 7) is 5.70. The third kappa shape index (κ3) is 2.77. The van der Waals surface area contributed by atoms with E-state index in [0.29, 0.717) is 12.1 Å². The molecule has 0 heterocycles. The van der Waals surface area contributed by atoms with Crippen LogP contribution in [0.5, 0.6) is 0 Å². The van der Waals surface area contributed by atoms with Crippen LogP contribution in [0.2, 0.25) is 0 Å². The number of rotatable bonds is 3. The van der Waals surface area contributed by atoms with Crippen molar-refractivity contribution in [1.82, 2.24) is 0 Å². The fraction of sp³-hybridized carbons (Fsp3) is 0.125. The van der Waals surface area contributed by atoms with E-state index >= 15 is 0 Å². The first-order valence-corrected chi connectivity index (χ1v) is 6.07. The first kappa shape index (κ1) is 13.2. The molecule has 0 unspecified atom stereocenters. The van der Waals surface area contributed by atoms with Crippen molar-refractivity contribution in [2.24, 2.45) is 10.7 Å². The van der Waals surface area contributed by atoms with E-state index in [1.54, 1.807) is 0 Å². The molecule has 2 N–H and O–H groups in total. The van der Waals surface area contributed by atoms with Crippen LogP contribution in [0.1, 0.15) is 21.5 Å². The van der Waals surface area contributed by atoms with Crippen molar-refractivity contribution in [3.8, 4) is 11.1 Å². The van der Waals surface area contributed by atoms with Gasteiger partial charge in [0.1, 0.15) is 0 Å². The summed E-state index contributed by atoms with van der Waals surface area (Å²) in [4.78, 5) is 15.1. The number of hydrogen-bond acceptors (Lipinski definition) is 2. The predicted molar refractivity (Wildman–Crippen MR) is 78.4 cm³/mol. The zero-order chi connectivity index (χ0) is 13.8. The molecule has 0 radical (unpaired) electrons. The molecule has 0 aliphatic heterocycles. The Labute approximate surface area is 112 Å². The summed E-state index contributed by atoms with van der Waals surface area (Å²) >= 11 is 0. The van der Waals surface area contributed by atoms with Crippen LogP contribution < -0.4 is 5.73 Å². The topological polar surface area (TPSA) is 55.5 Å². The van der Waals surface area contributed by atoms with Gasteiger partial charge in [-0.25, -0.2) is 4.99 Å². The highest BCUT2D eigenvalue weighted by Crippen LogP contribution is 2.23. The van der Waals surface area contributed by atoms with Gasteiger partial charge in [-0.2, -0.15) is 0 Å². The average molecular weight is 252 g/mol. The maximum atomic E-state index is 11.7. The van der Waals surface area contributed by atoms with Gasteiger partial charge in [0, 0.05) is 12.1 Å². The number of carbonyl (C=O) groups is 1. The summed E-state index contributed by atoms with van der Waals surface area (Å²) in [6.07, 6.45) is 0. The van der Waals surface area contributed by atoms with Crippen LogP contribution in [-0.4, -0.2) is 12.6 Å². The lowest BCUT2D eigenvalue weighted by atomic mass is 9.98. The molecule has 96 valence electrons. The largest absolute Gasteiger partial charge is 0.326 e. The Balaban J connectivity index is 2.44. The predicted octanol–water partition coefficient (Wildman–Crippen LogP) is 2.96. The van der Waals surface area contributed by atoms with Gasteiger partial charge in [-0.3, -0.25) is 4.79 Å². The minimum atomic E-state index is -0.294. The van der Waals surface area contributed by atoms with Crippen molar-refractivity contribution in [2.75, 3.05) is 0 Å². The Hall–Kier alpha value is -2.26. The van der Waals surface area contributed by atoms with Crippen LogP contribution in [-0.2, 0) is 6.54 Å². The Morgan fingerprint density at radius 2 is 1.79 bits per heavy atom. The molecular formula is C16H16N2O. The molecule has 3 nitrogen and oxygen atoms in total. The lowest BCUT2D eigenvalue weighted by molar-refractivity contribution is 0.100. The zero-order valence-electron chi connectivity index (χ0n) is 10.9. The van der Waals surface area contributed by atoms with E-state index in [-0.39, 0.29) is 5.91 Å². The van der Waals surface area contributed by atoms with Crippen molar-refractivity contribution in [3.63, 3.8) is 0 Å². The number of nitrogens with zero attached hydrogens (tertiary/aromatic N) is 1. The minimum absolute atomic E-state index is 0.294. The second kappa shape index (κ2) is 5.59. The number of aliphatic imine (C=N–C) groups is 1. The van der Waals surface area contributed by atoms with E-state index in [1.165, 1.54) is 0 Å². The Morgan fingerprint density at radius 3 is 2.37 bits per heavy atom. The van der Waals surface area contributed by atoms with Crippen LogP contribution >= 0.6 is 0 Å². The number of amides is 1. The van der Waals surface area contributed by atoms with Gasteiger partial charge in [0.15, 0.2) is 0 Å². The van der Waals surface area contributed by atoms with Gasteiger partial charge in [0.25, 0.3) is 5.91 Å². The lowest BCUT2D eigenvalue weighted by Gasteiger charge is -2.07. The Morgan fingerprint density at radius 1 is 1.16 bits per heavy atom. The van der Waals surface area contributed by atoms with Gasteiger partial charge in [-0.05, 0) is 42.0 Å². The summed E-state index contributed by atoms with van der Waals surface area (Å²) in [5.74, 6) is -0.294. The number of benzene rings is 2. The molecule has 19 heavy (non-hydrogen) atoms. The summed E-state index contributed by atoms with van der Waals surface area (Å²) in [5.41, 5.74) is 10.2. The van der Waals surface area contributed by atoms with Crippen molar-refractivity contribution in [3.05, 3.63) is 59.2 Å². The van der Waals surface area contributed by atoms with Crippen molar-refractivity contribution in [1.29, 1.82) is 0 Å². The lowest BCUT2D eigenvalue weighted by Crippen LogP contribution is -1.98. The molecule has 0 bridgehead atoms. The normalized spacial score (nSPS) is 10.2. The zero-order valence-corrected chi connectivity index (χ0v) is 10.9. The fourth-order valence-corrected chi connectivity index (χ4v) is 1.95. The molecular weight excluding hydrogens is 236 g/mol. The highest BCUT2D eigenvalue weighted by Gasteiger charge is 2.08. The number of nitrogens with two attached hydrogens (primary N) is 1. The molecule has 0 atom stereocenters. The highest BCUT2D eigenvalue weighted by molar-refractivity contribution is 5.99. The molecule has 0 aromatic heterocycles. The summed E-state index contributed by atoms with van der Waals surface area (Å²) in [7, 11) is 0. The van der Waals surface area contributed by atoms with Crippen LogP contribution in [0, 0.1) is 6.92 Å². The molecule has 0 fully saturated rings. The van der Waals surface area contributed by atoms with Crippen molar-refractivity contribution >= 4 is 12.6 Å². The van der Waals surface area contributed by atoms with E-state index in [4.69, 9.17) is 5.73 Å². The fourth-order valence-electron chi connectivity index (χ4n) is 1.95. The van der Waals surface area contributed by atoms with Gasteiger partial charge >= 0.3 is 0 Å². The molecule has 2 aromatic rings. The second-order valence-corrected chi connectivity index (χ2v) is 4.39. The smallest absolute Gasteiger partial charge is 0.276 e. The maximum absolute atomic E-state index is 11.7. The van der Waals surface area contributed by atoms with E-state index in [0.717, 1.165) is 22.3 Å². The number of hydrogen-bond donors (Lipinski definition) is 1. The summed E-state index contributed by atoms with van der Waals surface area (Å²) in [6, 6.07) is 13.7. The molecule has 2 aromatic carbocycles. The molecule has 0 spiro atoms. The van der Waals surface area contributed by atoms with E-state index < -0.39 is 0 Å². The standard InChI is InChI=1S/C16H16N2O/c1-11-3-6-14(9-15(11)16(19)18-2)13-7-4-12(10-17)5-8-13/h3-9H,2,10,17H2,1H3. The molecule has 0 aliphatic carbocycles. The van der Waals surface area contributed by atoms with E-state index in [1.807, 2.05) is 49.4 Å². The van der Waals surface area contributed by atoms with Crippen LogP contribution in [0.25, 0.3) is 11.1 Å². The van der Waals surface area contributed by atoms with E-state index in [2.05, 4.69) is 11.7 Å². The van der Waals surface area contributed by atoms with Crippen molar-refractivity contribution in [2.45, 2.75) is 13.5 Å². The molecule has 0 saturated carbocycles. The number of carbonyl (C=O) groups excluding carboxylic acids is 1. The third-order valence-electron chi connectivity index (χ3n) is 3.13. The second-order valence-electron chi connectivity index (χ2n) is 4.39. The summed E-state index contributed by atoms with van der Waals surface area (Å²) < 4.78 is 0. The van der Waals surface area contributed by atoms with Crippen molar-refractivity contribution < 1.29 is 4.79 Å². The van der Waals surface area contributed by atoms with Gasteiger partial charge < -0.3 is 5.73 Å². The first-order valence-electron chi connectivity index (χ1n) is 6.07. The summed E-state index contributed by atoms with van der Waals surface area (Å²) in [5, 5.41) is 0. The van der Waals surface area contributed by atoms with Gasteiger partial charge in [-0.15, -0.1) is 0 Å². The third-order valence-corrected chi connectivity index (χ3v) is 3.13. The van der Waals surface area contributed by atoms with Gasteiger partial charge in [0.05, 0.1) is 0 Å². The van der Waals surface area contributed by atoms with Crippen LogP contribution in [0.4, 0.5) is 0 Å². The highest BCUT2D eigenvalue weighted by atomic mass is 16.1. The molecule has 1 amide bonds. The van der Waals surface area contributed by atoms with E-state index in [9.17, 15) is 4.79 Å². The molecule has 0 aliphatic rings. The number of aryl methyl sites for hydroxylation is 1. The minimum Gasteiger partial charge on any atom is -0.326 e. The molecule has 0 saturated heterocycles. The van der Waals surface area contributed by atoms with Crippen LogP contribution in [0.15, 0.2) is 47.5 Å². The molecule has 3 heteroatoms. The van der Waals surface area contributed by atoms with Gasteiger partial charge in [0.2, 0.25) is 0 Å². The Bertz CT molecular complexity index is 615. The SMILES string of the molecule is C=NC(=O)c1cc(-c2ccc(CN)cc2)ccc1C. The quantitative estimate of drug-likeness (QED) is 0.854.